The maximum absolute atomic E-state index is 5.91. The zero-order valence-electron chi connectivity index (χ0n) is 10.9. The fourth-order valence-corrected chi connectivity index (χ4v) is 3.20. The van der Waals surface area contributed by atoms with Crippen LogP contribution in [0.15, 0.2) is 35.7 Å². The molecule has 0 aliphatic heterocycles. The van der Waals surface area contributed by atoms with E-state index in [0.29, 0.717) is 12.1 Å². The predicted octanol–water partition coefficient (Wildman–Crippen LogP) is 5.12. The van der Waals surface area contributed by atoms with Gasteiger partial charge in [0, 0.05) is 22.0 Å². The molecular weight excluding hydrogens is 262 g/mol. The number of halogens is 1. The molecule has 96 valence electrons. The van der Waals surface area contributed by atoms with Crippen LogP contribution in [0.5, 0.6) is 0 Å². The van der Waals surface area contributed by atoms with Crippen LogP contribution in [0.1, 0.15) is 41.9 Å². The van der Waals surface area contributed by atoms with Gasteiger partial charge in [0.15, 0.2) is 0 Å². The Kier molecular flexibility index (Phi) is 4.44. The van der Waals surface area contributed by atoms with Crippen molar-refractivity contribution in [3.8, 4) is 0 Å². The van der Waals surface area contributed by atoms with Crippen LogP contribution in [0.25, 0.3) is 0 Å². The molecule has 1 aromatic carbocycles. The molecule has 0 bridgehead atoms. The van der Waals surface area contributed by atoms with E-state index in [4.69, 9.17) is 11.6 Å². The van der Waals surface area contributed by atoms with E-state index >= 15 is 0 Å². The summed E-state index contributed by atoms with van der Waals surface area (Å²) in [7, 11) is 0. The quantitative estimate of drug-likeness (QED) is 0.819. The Morgan fingerprint density at radius 1 is 1.06 bits per heavy atom. The highest BCUT2D eigenvalue weighted by atomic mass is 35.5. The molecule has 2 atom stereocenters. The summed E-state index contributed by atoms with van der Waals surface area (Å²) in [5.74, 6) is 0. The van der Waals surface area contributed by atoms with E-state index in [1.165, 1.54) is 16.0 Å². The van der Waals surface area contributed by atoms with Gasteiger partial charge in [0.2, 0.25) is 0 Å². The summed E-state index contributed by atoms with van der Waals surface area (Å²) < 4.78 is 0. The normalized spacial score (nSPS) is 14.4. The molecule has 0 aliphatic carbocycles. The van der Waals surface area contributed by atoms with Crippen molar-refractivity contribution in [1.82, 2.24) is 5.32 Å². The van der Waals surface area contributed by atoms with E-state index in [-0.39, 0.29) is 0 Å². The Morgan fingerprint density at radius 2 is 1.72 bits per heavy atom. The minimum Gasteiger partial charge on any atom is -0.303 e. The highest BCUT2D eigenvalue weighted by Gasteiger charge is 2.13. The first-order chi connectivity index (χ1) is 8.58. The van der Waals surface area contributed by atoms with Crippen molar-refractivity contribution in [3.63, 3.8) is 0 Å². The number of benzene rings is 1. The van der Waals surface area contributed by atoms with Crippen LogP contribution >= 0.6 is 22.9 Å². The zero-order chi connectivity index (χ0) is 13.1. The molecule has 0 spiro atoms. The molecule has 0 amide bonds. The molecule has 0 radical (unpaired) electrons. The molecular formula is C15H18ClNS. The highest BCUT2D eigenvalue weighted by molar-refractivity contribution is 7.10. The van der Waals surface area contributed by atoms with Crippen LogP contribution in [-0.2, 0) is 0 Å². The SMILES string of the molecule is Cc1ccsc1C(C)N[C@@H](C)c1ccc(Cl)cc1. The van der Waals surface area contributed by atoms with Gasteiger partial charge in [-0.05, 0) is 55.5 Å². The average molecular weight is 280 g/mol. The number of hydrogen-bond donors (Lipinski definition) is 1. The third-order valence-corrected chi connectivity index (χ3v) is 4.62. The summed E-state index contributed by atoms with van der Waals surface area (Å²) in [6.45, 7) is 6.56. The molecule has 1 unspecified atom stereocenters. The lowest BCUT2D eigenvalue weighted by Crippen LogP contribution is -2.22. The Bertz CT molecular complexity index is 503. The third kappa shape index (κ3) is 3.14. The first-order valence-electron chi connectivity index (χ1n) is 6.13. The van der Waals surface area contributed by atoms with Crippen LogP contribution in [0.4, 0.5) is 0 Å². The monoisotopic (exact) mass is 279 g/mol. The van der Waals surface area contributed by atoms with Gasteiger partial charge < -0.3 is 5.32 Å². The number of nitrogens with one attached hydrogen (secondary N) is 1. The van der Waals surface area contributed by atoms with Gasteiger partial charge in [0.1, 0.15) is 0 Å². The number of aryl methyl sites for hydroxylation is 1. The summed E-state index contributed by atoms with van der Waals surface area (Å²) >= 11 is 7.72. The maximum Gasteiger partial charge on any atom is 0.0406 e. The Balaban J connectivity index is 2.05. The van der Waals surface area contributed by atoms with Crippen LogP contribution < -0.4 is 5.32 Å². The first-order valence-corrected chi connectivity index (χ1v) is 7.39. The standard InChI is InChI=1S/C15H18ClNS/c1-10-8-9-18-15(10)12(3)17-11(2)13-4-6-14(16)7-5-13/h4-9,11-12,17H,1-3H3/t11-,12?/m0/s1. The summed E-state index contributed by atoms with van der Waals surface area (Å²) in [5.41, 5.74) is 2.63. The van der Waals surface area contributed by atoms with Crippen molar-refractivity contribution >= 4 is 22.9 Å². The molecule has 2 rings (SSSR count). The Hall–Kier alpha value is -0.830. The minimum atomic E-state index is 0.318. The minimum absolute atomic E-state index is 0.318. The summed E-state index contributed by atoms with van der Waals surface area (Å²) in [5, 5.41) is 6.56. The summed E-state index contributed by atoms with van der Waals surface area (Å²) in [6, 6.07) is 10.9. The molecule has 18 heavy (non-hydrogen) atoms. The average Bonchev–Trinajstić information content (AvgIpc) is 2.76. The van der Waals surface area contributed by atoms with Gasteiger partial charge in [0.25, 0.3) is 0 Å². The highest BCUT2D eigenvalue weighted by Crippen LogP contribution is 2.26. The molecule has 0 saturated carbocycles. The third-order valence-electron chi connectivity index (χ3n) is 3.16. The van der Waals surface area contributed by atoms with Gasteiger partial charge in [-0.15, -0.1) is 11.3 Å². The molecule has 3 heteroatoms. The second-order valence-corrected chi connectivity index (χ2v) is 6.01. The lowest BCUT2D eigenvalue weighted by molar-refractivity contribution is 0.499. The van der Waals surface area contributed by atoms with Crippen LogP contribution in [0.3, 0.4) is 0 Å². The zero-order valence-corrected chi connectivity index (χ0v) is 12.5. The molecule has 1 nitrogen and oxygen atoms in total. The van der Waals surface area contributed by atoms with Crippen LogP contribution in [0.2, 0.25) is 5.02 Å². The molecule has 1 heterocycles. The van der Waals surface area contributed by atoms with Gasteiger partial charge in [-0.3, -0.25) is 0 Å². The van der Waals surface area contributed by atoms with Crippen molar-refractivity contribution in [2.75, 3.05) is 0 Å². The van der Waals surface area contributed by atoms with E-state index < -0.39 is 0 Å². The van der Waals surface area contributed by atoms with Crippen LogP contribution in [-0.4, -0.2) is 0 Å². The van der Waals surface area contributed by atoms with Crippen molar-refractivity contribution in [1.29, 1.82) is 0 Å². The van der Waals surface area contributed by atoms with E-state index in [1.54, 1.807) is 0 Å². The molecule has 0 aliphatic rings. The van der Waals surface area contributed by atoms with Crippen molar-refractivity contribution < 1.29 is 0 Å². The Morgan fingerprint density at radius 3 is 2.28 bits per heavy atom. The van der Waals surface area contributed by atoms with Crippen molar-refractivity contribution in [2.45, 2.75) is 32.9 Å². The number of rotatable bonds is 4. The molecule has 2 aromatic rings. The summed E-state index contributed by atoms with van der Waals surface area (Å²) in [4.78, 5) is 1.41. The van der Waals surface area contributed by atoms with Gasteiger partial charge in [-0.25, -0.2) is 0 Å². The number of hydrogen-bond acceptors (Lipinski definition) is 2. The smallest absolute Gasteiger partial charge is 0.0406 e. The van der Waals surface area contributed by atoms with E-state index in [0.717, 1.165) is 5.02 Å². The van der Waals surface area contributed by atoms with Crippen molar-refractivity contribution in [2.24, 2.45) is 0 Å². The lowest BCUT2D eigenvalue weighted by Gasteiger charge is -2.20. The first kappa shape index (κ1) is 13.6. The molecule has 1 aromatic heterocycles. The fourth-order valence-electron chi connectivity index (χ4n) is 2.13. The van der Waals surface area contributed by atoms with Crippen LogP contribution in [0, 0.1) is 6.92 Å². The summed E-state index contributed by atoms with van der Waals surface area (Å²) in [6.07, 6.45) is 0. The second-order valence-electron chi connectivity index (χ2n) is 4.63. The van der Waals surface area contributed by atoms with Crippen molar-refractivity contribution in [3.05, 3.63) is 56.7 Å². The van der Waals surface area contributed by atoms with E-state index in [1.807, 2.05) is 23.5 Å². The second kappa shape index (κ2) is 5.87. The van der Waals surface area contributed by atoms with Gasteiger partial charge >= 0.3 is 0 Å². The molecule has 1 N–H and O–H groups in total. The fraction of sp³-hybridized carbons (Fsp3) is 0.333. The van der Waals surface area contributed by atoms with E-state index in [9.17, 15) is 0 Å². The number of thiophene rings is 1. The van der Waals surface area contributed by atoms with Gasteiger partial charge in [0.05, 0.1) is 0 Å². The van der Waals surface area contributed by atoms with E-state index in [2.05, 4.69) is 49.7 Å². The van der Waals surface area contributed by atoms with Gasteiger partial charge in [-0.2, -0.15) is 0 Å². The largest absolute Gasteiger partial charge is 0.303 e. The lowest BCUT2D eigenvalue weighted by atomic mass is 10.1. The maximum atomic E-state index is 5.91. The topological polar surface area (TPSA) is 12.0 Å². The van der Waals surface area contributed by atoms with Gasteiger partial charge in [-0.1, -0.05) is 23.7 Å². The predicted molar refractivity (Wildman–Crippen MR) is 80.5 cm³/mol. The Labute approximate surface area is 118 Å². The molecule has 0 saturated heterocycles. The molecule has 0 fully saturated rings.